The predicted octanol–water partition coefficient (Wildman–Crippen LogP) is 2.63. The first-order chi connectivity index (χ1) is 14.7. The van der Waals surface area contributed by atoms with Crippen LogP contribution in [0.5, 0.6) is 5.75 Å². The smallest absolute Gasteiger partial charge is 0.435 e. The molecule has 166 valence electrons. The number of halogens is 3. The summed E-state index contributed by atoms with van der Waals surface area (Å²) in [7, 11) is 0. The van der Waals surface area contributed by atoms with Crippen molar-refractivity contribution in [2.45, 2.75) is 32.2 Å². The summed E-state index contributed by atoms with van der Waals surface area (Å²) in [5.74, 6) is -0.436. The van der Waals surface area contributed by atoms with Crippen LogP contribution < -0.4 is 9.64 Å². The van der Waals surface area contributed by atoms with Crippen LogP contribution in [-0.4, -0.2) is 52.5 Å². The van der Waals surface area contributed by atoms with Crippen molar-refractivity contribution in [1.82, 2.24) is 9.88 Å². The lowest BCUT2D eigenvalue weighted by Crippen LogP contribution is -2.43. The Bertz CT molecular complexity index is 934. The second-order valence-electron chi connectivity index (χ2n) is 7.13. The molecule has 0 unspecified atom stereocenters. The van der Waals surface area contributed by atoms with Crippen LogP contribution in [0.1, 0.15) is 24.6 Å². The number of aliphatic hydroxyl groups excluding tert-OH is 1. The van der Waals surface area contributed by atoms with Crippen LogP contribution in [0.4, 0.5) is 18.9 Å². The molecule has 2 heterocycles. The van der Waals surface area contributed by atoms with Crippen molar-refractivity contribution in [3.05, 3.63) is 53.9 Å². The van der Waals surface area contributed by atoms with Gasteiger partial charge in [-0.05, 0) is 36.2 Å². The number of carbonyl (C=O) groups is 2. The van der Waals surface area contributed by atoms with Gasteiger partial charge >= 0.3 is 6.18 Å². The van der Waals surface area contributed by atoms with Gasteiger partial charge in [-0.3, -0.25) is 9.59 Å². The van der Waals surface area contributed by atoms with Gasteiger partial charge in [0.1, 0.15) is 5.75 Å². The van der Waals surface area contributed by atoms with Gasteiger partial charge in [0, 0.05) is 26.2 Å². The predicted molar refractivity (Wildman–Crippen MR) is 105 cm³/mol. The molecule has 0 radical (unpaired) electrons. The van der Waals surface area contributed by atoms with Crippen molar-refractivity contribution >= 4 is 17.5 Å². The van der Waals surface area contributed by atoms with Crippen LogP contribution >= 0.6 is 0 Å². The molecule has 1 fully saturated rings. The third-order valence-corrected chi connectivity index (χ3v) is 5.00. The first kappa shape index (κ1) is 22.5. The molecule has 7 nitrogen and oxygen atoms in total. The summed E-state index contributed by atoms with van der Waals surface area (Å²) in [5.41, 5.74) is -0.745. The Hall–Kier alpha value is -3.14. The molecule has 1 saturated heterocycles. The topological polar surface area (TPSA) is 83.0 Å². The fraction of sp³-hybridized carbons (Fsp3) is 0.381. The quantitative estimate of drug-likeness (QED) is 0.751. The maximum Gasteiger partial charge on any atom is 0.435 e. The molecule has 1 aliphatic rings. The number of carbonyl (C=O) groups excluding carboxylic acids is 2. The standard InChI is InChI=1S/C21H22F3N3O4/c1-14(29)27(18-3-2-9-25-20(18)21(22,23)24)16-8-10-26(11-16)19(30)13-31-17-6-4-15(12-28)5-7-17/h2-7,9,16,28H,8,10-13H2,1H3/t16-/m0/s1. The zero-order valence-electron chi connectivity index (χ0n) is 16.8. The van der Waals surface area contributed by atoms with Gasteiger partial charge in [-0.2, -0.15) is 13.2 Å². The lowest BCUT2D eigenvalue weighted by Gasteiger charge is -2.29. The highest BCUT2D eigenvalue weighted by atomic mass is 19.4. The molecule has 0 bridgehead atoms. The van der Waals surface area contributed by atoms with Crippen LogP contribution in [0.2, 0.25) is 0 Å². The van der Waals surface area contributed by atoms with E-state index in [1.807, 2.05) is 0 Å². The van der Waals surface area contributed by atoms with E-state index >= 15 is 0 Å². The highest BCUT2D eigenvalue weighted by Gasteiger charge is 2.40. The molecule has 31 heavy (non-hydrogen) atoms. The van der Waals surface area contributed by atoms with E-state index in [2.05, 4.69) is 4.98 Å². The molecule has 1 aliphatic heterocycles. The number of amides is 2. The third kappa shape index (κ3) is 5.32. The number of anilines is 1. The van der Waals surface area contributed by atoms with E-state index in [1.54, 1.807) is 24.3 Å². The number of pyridine rings is 1. The van der Waals surface area contributed by atoms with Gasteiger partial charge in [-0.15, -0.1) is 0 Å². The molecule has 2 aromatic rings. The van der Waals surface area contributed by atoms with E-state index in [0.717, 1.165) is 11.1 Å². The van der Waals surface area contributed by atoms with Gasteiger partial charge < -0.3 is 19.6 Å². The van der Waals surface area contributed by atoms with Crippen LogP contribution in [-0.2, 0) is 22.4 Å². The van der Waals surface area contributed by atoms with Gasteiger partial charge in [0.15, 0.2) is 12.3 Å². The summed E-state index contributed by atoms with van der Waals surface area (Å²) in [4.78, 5) is 30.7. The second-order valence-corrected chi connectivity index (χ2v) is 7.13. The second kappa shape index (κ2) is 9.34. The van der Waals surface area contributed by atoms with Crippen LogP contribution in [0, 0.1) is 0 Å². The van der Waals surface area contributed by atoms with Gasteiger partial charge in [0.05, 0.1) is 18.3 Å². The first-order valence-electron chi connectivity index (χ1n) is 9.63. The Morgan fingerprint density at radius 3 is 2.58 bits per heavy atom. The molecule has 1 atom stereocenters. The number of likely N-dealkylation sites (tertiary alicyclic amines) is 1. The van der Waals surface area contributed by atoms with E-state index in [-0.39, 0.29) is 31.4 Å². The number of alkyl halides is 3. The zero-order chi connectivity index (χ0) is 22.6. The highest BCUT2D eigenvalue weighted by molar-refractivity contribution is 5.93. The summed E-state index contributed by atoms with van der Waals surface area (Å²) in [6, 6.07) is 8.55. The Labute approximate surface area is 177 Å². The van der Waals surface area contributed by atoms with Gasteiger partial charge in [0.25, 0.3) is 5.91 Å². The molecule has 1 N–H and O–H groups in total. The van der Waals surface area contributed by atoms with Crippen molar-refractivity contribution in [2.75, 3.05) is 24.6 Å². The zero-order valence-corrected chi connectivity index (χ0v) is 16.8. The Kier molecular flexibility index (Phi) is 6.79. The molecule has 3 rings (SSSR count). The van der Waals surface area contributed by atoms with Crippen LogP contribution in [0.25, 0.3) is 0 Å². The summed E-state index contributed by atoms with van der Waals surface area (Å²) < 4.78 is 45.6. The summed E-state index contributed by atoms with van der Waals surface area (Å²) in [6.07, 6.45) is -3.35. The van der Waals surface area contributed by atoms with Crippen molar-refractivity contribution in [3.63, 3.8) is 0 Å². The minimum absolute atomic E-state index is 0.0947. The minimum atomic E-state index is -4.71. The van der Waals surface area contributed by atoms with Crippen LogP contribution in [0.15, 0.2) is 42.6 Å². The maximum atomic E-state index is 13.4. The van der Waals surface area contributed by atoms with E-state index in [4.69, 9.17) is 9.84 Å². The van der Waals surface area contributed by atoms with Gasteiger partial charge in [-0.25, -0.2) is 4.98 Å². The van der Waals surface area contributed by atoms with E-state index < -0.39 is 23.8 Å². The SMILES string of the molecule is CC(=O)N(c1cccnc1C(F)(F)F)[C@H]1CCN(C(=O)COc2ccc(CO)cc2)C1. The van der Waals surface area contributed by atoms with Crippen molar-refractivity contribution in [1.29, 1.82) is 0 Å². The molecular formula is C21H22F3N3O4. The average molecular weight is 437 g/mol. The molecule has 2 amide bonds. The van der Waals surface area contributed by atoms with Crippen LogP contribution in [0.3, 0.4) is 0 Å². The lowest BCUT2D eigenvalue weighted by atomic mass is 10.1. The molecule has 10 heteroatoms. The molecule has 0 spiro atoms. The third-order valence-electron chi connectivity index (χ3n) is 5.00. The number of ether oxygens (including phenoxy) is 1. The number of hydrogen-bond acceptors (Lipinski definition) is 5. The van der Waals surface area contributed by atoms with Gasteiger partial charge in [-0.1, -0.05) is 12.1 Å². The lowest BCUT2D eigenvalue weighted by molar-refractivity contribution is -0.140. The Morgan fingerprint density at radius 2 is 1.97 bits per heavy atom. The number of benzene rings is 1. The Balaban J connectivity index is 1.68. The van der Waals surface area contributed by atoms with Gasteiger partial charge in [0.2, 0.25) is 5.91 Å². The fourth-order valence-electron chi connectivity index (χ4n) is 3.54. The molecule has 0 saturated carbocycles. The minimum Gasteiger partial charge on any atom is -0.484 e. The normalized spacial score (nSPS) is 16.3. The molecule has 1 aromatic heterocycles. The number of rotatable bonds is 6. The van der Waals surface area contributed by atoms with Crippen molar-refractivity contribution < 1.29 is 32.6 Å². The largest absolute Gasteiger partial charge is 0.484 e. The summed E-state index contributed by atoms with van der Waals surface area (Å²) in [6.45, 7) is 1.23. The number of aliphatic hydroxyl groups is 1. The maximum absolute atomic E-state index is 13.4. The first-order valence-corrected chi connectivity index (χ1v) is 9.63. The van der Waals surface area contributed by atoms with Crippen molar-refractivity contribution in [2.24, 2.45) is 0 Å². The summed E-state index contributed by atoms with van der Waals surface area (Å²) in [5, 5.41) is 9.05. The molecule has 1 aromatic carbocycles. The number of hydrogen-bond donors (Lipinski definition) is 1. The van der Waals surface area contributed by atoms with E-state index in [1.165, 1.54) is 24.0 Å². The monoisotopic (exact) mass is 437 g/mol. The number of nitrogens with zero attached hydrogens (tertiary/aromatic N) is 3. The summed E-state index contributed by atoms with van der Waals surface area (Å²) >= 11 is 0. The highest BCUT2D eigenvalue weighted by Crippen LogP contribution is 2.36. The molecular weight excluding hydrogens is 415 g/mol. The average Bonchev–Trinajstić information content (AvgIpc) is 3.21. The Morgan fingerprint density at radius 1 is 1.26 bits per heavy atom. The van der Waals surface area contributed by atoms with Crippen molar-refractivity contribution in [3.8, 4) is 5.75 Å². The fourth-order valence-corrected chi connectivity index (χ4v) is 3.54. The van der Waals surface area contributed by atoms with E-state index in [9.17, 15) is 22.8 Å². The van der Waals surface area contributed by atoms with E-state index in [0.29, 0.717) is 24.3 Å². The molecule has 0 aliphatic carbocycles. The number of aromatic nitrogens is 1.